The van der Waals surface area contributed by atoms with Crippen molar-refractivity contribution in [2.24, 2.45) is 17.0 Å². The van der Waals surface area contributed by atoms with Crippen LogP contribution >= 0.6 is 23.1 Å². The maximum atomic E-state index is 4.95. The number of imidazole rings is 1. The first-order valence-electron chi connectivity index (χ1n) is 18.6. The number of aromatic nitrogens is 7. The molecule has 278 valence electrons. The Bertz CT molecular complexity index is 2260. The third kappa shape index (κ3) is 6.46. The van der Waals surface area contributed by atoms with Crippen LogP contribution in [0.2, 0.25) is 0 Å². The highest BCUT2D eigenvalue weighted by Crippen LogP contribution is 2.36. The predicted octanol–water partition coefficient (Wildman–Crippen LogP) is 3.87. The first kappa shape index (κ1) is 33.6. The topological polar surface area (TPSA) is 165 Å². The van der Waals surface area contributed by atoms with Crippen LogP contribution in [0.5, 0.6) is 0 Å². The Labute approximate surface area is 320 Å². The van der Waals surface area contributed by atoms with Crippen LogP contribution in [-0.4, -0.2) is 106 Å². The molecule has 2 fully saturated rings. The minimum atomic E-state index is 0.163. The molecule has 18 heteroatoms. The van der Waals surface area contributed by atoms with Crippen LogP contribution in [-0.2, 0) is 7.05 Å². The molecular weight excluding hydrogens is 721 g/mol. The highest BCUT2D eigenvalue weighted by Gasteiger charge is 2.36. The first-order chi connectivity index (χ1) is 26.6. The lowest BCUT2D eigenvalue weighted by molar-refractivity contribution is 0.238. The van der Waals surface area contributed by atoms with Gasteiger partial charge in [0.05, 0.1) is 36.4 Å². The van der Waals surface area contributed by atoms with E-state index < -0.39 is 0 Å². The Hall–Kier alpha value is -5.01. The van der Waals surface area contributed by atoms with Crippen molar-refractivity contribution in [3.8, 4) is 11.3 Å². The van der Waals surface area contributed by atoms with Gasteiger partial charge in [-0.25, -0.2) is 20.4 Å². The Morgan fingerprint density at radius 3 is 2.89 bits per heavy atom. The van der Waals surface area contributed by atoms with Gasteiger partial charge < -0.3 is 31.2 Å². The van der Waals surface area contributed by atoms with Gasteiger partial charge in [0.15, 0.2) is 23.1 Å². The molecule has 0 spiro atoms. The SMILES string of the molecule is Cn1cc(-c2cnc3c(Nc4sncc4C4CCC(CN5C=C(C6CN=C7C(Nc8cc(C9CCCNC9)ns8)=NC=CN76)CN5)NC4)nccn23)cn1. The van der Waals surface area contributed by atoms with Gasteiger partial charge in [0.2, 0.25) is 0 Å². The van der Waals surface area contributed by atoms with Crippen molar-refractivity contribution in [1.82, 2.24) is 58.9 Å². The largest absolute Gasteiger partial charge is 0.328 e. The van der Waals surface area contributed by atoms with Gasteiger partial charge in [-0.15, -0.1) is 0 Å². The van der Waals surface area contributed by atoms with Gasteiger partial charge in [-0.05, 0) is 66.9 Å². The number of fused-ring (bicyclic) bond motifs is 2. The number of amidine groups is 2. The van der Waals surface area contributed by atoms with Crippen LogP contribution in [0.15, 0.2) is 77.4 Å². The number of aryl methyl sites for hydroxylation is 1. The van der Waals surface area contributed by atoms with E-state index in [0.717, 1.165) is 89.8 Å². The van der Waals surface area contributed by atoms with Crippen LogP contribution in [0.25, 0.3) is 16.9 Å². The Morgan fingerprint density at radius 2 is 2.02 bits per heavy atom. The van der Waals surface area contributed by atoms with Gasteiger partial charge in [-0.3, -0.25) is 14.1 Å². The molecule has 2 saturated heterocycles. The molecule has 5 aromatic rings. The van der Waals surface area contributed by atoms with E-state index in [4.69, 9.17) is 14.3 Å². The third-order valence-electron chi connectivity index (χ3n) is 11.0. The minimum Gasteiger partial charge on any atom is -0.328 e. The molecule has 0 radical (unpaired) electrons. The molecule has 5 aliphatic heterocycles. The van der Waals surface area contributed by atoms with E-state index >= 15 is 0 Å². The van der Waals surface area contributed by atoms with E-state index in [1.54, 1.807) is 10.9 Å². The number of hydrogen-bond acceptors (Lipinski definition) is 16. The lowest BCUT2D eigenvalue weighted by atomic mass is 9.90. The van der Waals surface area contributed by atoms with Crippen LogP contribution in [0.1, 0.15) is 48.8 Å². The van der Waals surface area contributed by atoms with Gasteiger partial charge >= 0.3 is 0 Å². The first-order valence-corrected chi connectivity index (χ1v) is 20.2. The van der Waals surface area contributed by atoms with Gasteiger partial charge in [0, 0.05) is 106 Å². The zero-order chi connectivity index (χ0) is 36.0. The second-order valence-electron chi connectivity index (χ2n) is 14.5. The molecule has 4 atom stereocenters. The molecule has 0 aromatic carbocycles. The molecule has 54 heavy (non-hydrogen) atoms. The average Bonchev–Trinajstić information content (AvgIpc) is 4.06. The quantitative estimate of drug-likeness (QED) is 0.148. The summed E-state index contributed by atoms with van der Waals surface area (Å²) in [6.07, 6.45) is 22.2. The number of hydrogen-bond donors (Lipinski definition) is 5. The molecular formula is C36H42N16S2. The zero-order valence-corrected chi connectivity index (χ0v) is 31.5. The molecule has 0 aliphatic carbocycles. The second-order valence-corrected chi connectivity index (χ2v) is 16.1. The summed E-state index contributed by atoms with van der Waals surface area (Å²) < 4.78 is 13.2. The fourth-order valence-corrected chi connectivity index (χ4v) is 9.60. The summed E-state index contributed by atoms with van der Waals surface area (Å²) in [6, 6.07) is 2.72. The van der Waals surface area contributed by atoms with E-state index in [1.165, 1.54) is 47.0 Å². The van der Waals surface area contributed by atoms with Gasteiger partial charge in [0.1, 0.15) is 10.0 Å². The molecule has 0 amide bonds. The zero-order valence-electron chi connectivity index (χ0n) is 29.9. The van der Waals surface area contributed by atoms with Gasteiger partial charge in [0.25, 0.3) is 0 Å². The smallest absolute Gasteiger partial charge is 0.180 e. The summed E-state index contributed by atoms with van der Waals surface area (Å²) in [5.41, 5.74) is 10.1. The van der Waals surface area contributed by atoms with E-state index in [-0.39, 0.29) is 6.04 Å². The maximum Gasteiger partial charge on any atom is 0.180 e. The van der Waals surface area contributed by atoms with Crippen LogP contribution < -0.4 is 26.7 Å². The number of nitrogens with one attached hydrogen (secondary N) is 5. The van der Waals surface area contributed by atoms with Crippen molar-refractivity contribution in [2.75, 3.05) is 49.9 Å². The Kier molecular flexibility index (Phi) is 8.90. The summed E-state index contributed by atoms with van der Waals surface area (Å²) in [7, 11) is 1.91. The number of anilines is 3. The summed E-state index contributed by atoms with van der Waals surface area (Å²) >= 11 is 2.97. The standard InChI is InChI=1S/C36H42N16S2/c1-49-19-24(14-43-49)29-17-42-35-33(39-8-10-51(29)35)47-36-27(16-45-54-36)22-4-5-26(40-13-22)21-50-20-25(15-44-50)30-18-41-34-32(38-7-9-52(30)34)46-31-11-28(48-53-31)23-3-2-6-37-12-23/h7-11,14,16-17,19-20,22-23,26,30,37,40,44H,2-6,12-13,15,18,21H2,1H3,(H,38,46)(H,39,47). The summed E-state index contributed by atoms with van der Waals surface area (Å²) in [6.45, 7) is 5.38. The van der Waals surface area contributed by atoms with E-state index in [1.807, 2.05) is 54.8 Å². The van der Waals surface area contributed by atoms with Crippen LogP contribution in [0.3, 0.4) is 0 Å². The number of nitrogens with zero attached hydrogens (tertiary/aromatic N) is 11. The number of piperidine rings is 2. The van der Waals surface area contributed by atoms with Crippen molar-refractivity contribution in [1.29, 1.82) is 0 Å². The normalized spacial score (nSPS) is 24.1. The van der Waals surface area contributed by atoms with Crippen molar-refractivity contribution >= 4 is 56.2 Å². The predicted molar refractivity (Wildman–Crippen MR) is 212 cm³/mol. The third-order valence-corrected chi connectivity index (χ3v) is 12.4. The molecule has 5 aliphatic rings. The van der Waals surface area contributed by atoms with Crippen LogP contribution in [0, 0.1) is 0 Å². The highest BCUT2D eigenvalue weighted by molar-refractivity contribution is 7.10. The van der Waals surface area contributed by atoms with Crippen LogP contribution in [0.4, 0.5) is 15.8 Å². The van der Waals surface area contributed by atoms with Gasteiger partial charge in [-0.1, -0.05) is 0 Å². The van der Waals surface area contributed by atoms with E-state index in [2.05, 4.69) is 68.3 Å². The van der Waals surface area contributed by atoms with Crippen molar-refractivity contribution in [3.05, 3.63) is 78.7 Å². The number of rotatable bonds is 9. The van der Waals surface area contributed by atoms with Crippen molar-refractivity contribution < 1.29 is 0 Å². The maximum absolute atomic E-state index is 4.95. The molecule has 10 heterocycles. The molecule has 10 rings (SSSR count). The average molecular weight is 763 g/mol. The van der Waals surface area contributed by atoms with Gasteiger partial charge in [-0.2, -0.15) is 13.8 Å². The molecule has 0 saturated carbocycles. The highest BCUT2D eigenvalue weighted by atomic mass is 32.1. The summed E-state index contributed by atoms with van der Waals surface area (Å²) in [5.74, 6) is 3.22. The number of aliphatic imine (C=N–C) groups is 2. The molecule has 4 unspecified atom stereocenters. The Balaban J connectivity index is 0.738. The van der Waals surface area contributed by atoms with Crippen molar-refractivity contribution in [3.63, 3.8) is 0 Å². The molecule has 0 bridgehead atoms. The second kappa shape index (κ2) is 14.3. The minimum absolute atomic E-state index is 0.163. The fraction of sp³-hybridized carbons (Fsp3) is 0.417. The summed E-state index contributed by atoms with van der Waals surface area (Å²) in [5, 5.41) is 23.0. The molecule has 16 nitrogen and oxygen atoms in total. The number of hydrazine groups is 1. The van der Waals surface area contributed by atoms with E-state index in [9.17, 15) is 0 Å². The summed E-state index contributed by atoms with van der Waals surface area (Å²) in [4.78, 5) is 21.2. The molecule has 5 aromatic heterocycles. The lowest BCUT2D eigenvalue weighted by Gasteiger charge is -2.32. The van der Waals surface area contributed by atoms with E-state index in [0.29, 0.717) is 30.2 Å². The molecule has 5 N–H and O–H groups in total. The monoisotopic (exact) mass is 762 g/mol. The lowest BCUT2D eigenvalue weighted by Crippen LogP contribution is -2.46. The van der Waals surface area contributed by atoms with Crippen molar-refractivity contribution in [2.45, 2.75) is 49.6 Å². The Morgan fingerprint density at radius 1 is 1.04 bits per heavy atom. The fourth-order valence-electron chi connectivity index (χ4n) is 8.14.